The largest absolute Gasteiger partial charge is 0.298 e. The normalized spacial score (nSPS) is 37.2. The van der Waals surface area contributed by atoms with Crippen LogP contribution in [0.4, 0.5) is 0 Å². The van der Waals surface area contributed by atoms with Crippen LogP contribution in [0.5, 0.6) is 0 Å². The Labute approximate surface area is 106 Å². The minimum Gasteiger partial charge on any atom is -0.298 e. The van der Waals surface area contributed by atoms with E-state index < -0.39 is 0 Å². The Hall–Kier alpha value is -0.0800. The highest BCUT2D eigenvalue weighted by atomic mass is 15.3. The quantitative estimate of drug-likeness (QED) is 0.727. The van der Waals surface area contributed by atoms with Gasteiger partial charge in [0, 0.05) is 31.2 Å². The summed E-state index contributed by atoms with van der Waals surface area (Å²) in [5, 5.41) is 0. The van der Waals surface area contributed by atoms with Crippen molar-refractivity contribution < 1.29 is 0 Å². The lowest BCUT2D eigenvalue weighted by molar-refractivity contribution is -0.0140. The summed E-state index contributed by atoms with van der Waals surface area (Å²) in [5.74, 6) is 0. The summed E-state index contributed by atoms with van der Waals surface area (Å²) in [4.78, 5) is 5.70. The molecule has 2 atom stereocenters. The van der Waals surface area contributed by atoms with Gasteiger partial charge in [-0.05, 0) is 38.6 Å². The molecule has 98 valence electrons. The van der Waals surface area contributed by atoms with E-state index in [1.807, 2.05) is 0 Å². The number of hydrogen-bond donors (Lipinski definition) is 0. The van der Waals surface area contributed by atoms with Gasteiger partial charge in [-0.3, -0.25) is 9.80 Å². The Morgan fingerprint density at radius 2 is 1.59 bits per heavy atom. The van der Waals surface area contributed by atoms with Crippen molar-refractivity contribution in [3.63, 3.8) is 0 Å². The molecule has 3 aliphatic rings. The van der Waals surface area contributed by atoms with Crippen LogP contribution >= 0.6 is 0 Å². The van der Waals surface area contributed by atoms with E-state index in [1.165, 1.54) is 71.0 Å². The molecule has 0 spiro atoms. The molecule has 0 aromatic heterocycles. The molecule has 2 heterocycles. The Morgan fingerprint density at radius 3 is 2.35 bits per heavy atom. The highest BCUT2D eigenvalue weighted by molar-refractivity contribution is 4.94. The van der Waals surface area contributed by atoms with E-state index in [1.54, 1.807) is 0 Å². The smallest absolute Gasteiger partial charge is 0.0224 e. The van der Waals surface area contributed by atoms with Crippen LogP contribution in [0.3, 0.4) is 0 Å². The molecule has 1 aliphatic carbocycles. The Balaban J connectivity index is 1.68. The van der Waals surface area contributed by atoms with Crippen molar-refractivity contribution in [3.8, 4) is 0 Å². The summed E-state index contributed by atoms with van der Waals surface area (Å²) in [6.07, 6.45) is 11.6. The van der Waals surface area contributed by atoms with Gasteiger partial charge in [-0.25, -0.2) is 0 Å². The first kappa shape index (κ1) is 12.0. The highest BCUT2D eigenvalue weighted by Gasteiger charge is 2.37. The minimum atomic E-state index is 0.854. The van der Waals surface area contributed by atoms with E-state index >= 15 is 0 Å². The van der Waals surface area contributed by atoms with Gasteiger partial charge in [0.2, 0.25) is 0 Å². The first-order valence-corrected chi connectivity index (χ1v) is 7.88. The predicted octanol–water partition coefficient (Wildman–Crippen LogP) is 2.88. The predicted molar refractivity (Wildman–Crippen MR) is 72.3 cm³/mol. The zero-order valence-electron chi connectivity index (χ0n) is 11.4. The molecule has 0 aromatic carbocycles. The second-order valence-electron chi connectivity index (χ2n) is 6.34. The molecular weight excluding hydrogens is 208 g/mol. The minimum absolute atomic E-state index is 0.854. The molecule has 0 N–H and O–H groups in total. The fraction of sp³-hybridized carbons (Fsp3) is 1.00. The molecule has 3 fully saturated rings. The molecule has 2 nitrogen and oxygen atoms in total. The van der Waals surface area contributed by atoms with Gasteiger partial charge in [0.05, 0.1) is 0 Å². The van der Waals surface area contributed by atoms with Crippen LogP contribution in [0.2, 0.25) is 0 Å². The first-order valence-electron chi connectivity index (χ1n) is 7.88. The van der Waals surface area contributed by atoms with E-state index in [0.29, 0.717) is 0 Å². The van der Waals surface area contributed by atoms with Gasteiger partial charge in [-0.1, -0.05) is 26.2 Å². The molecule has 0 radical (unpaired) electrons. The number of fused-ring (bicyclic) bond motifs is 1. The summed E-state index contributed by atoms with van der Waals surface area (Å²) in [6.45, 7) is 6.50. The van der Waals surface area contributed by atoms with Crippen molar-refractivity contribution in [1.82, 2.24) is 9.80 Å². The lowest BCUT2D eigenvalue weighted by atomic mass is 9.94. The summed E-state index contributed by atoms with van der Waals surface area (Å²) >= 11 is 0. The van der Waals surface area contributed by atoms with E-state index in [2.05, 4.69) is 16.7 Å². The Bertz CT molecular complexity index is 247. The van der Waals surface area contributed by atoms with Crippen molar-refractivity contribution in [2.75, 3.05) is 19.6 Å². The highest BCUT2D eigenvalue weighted by Crippen LogP contribution is 2.31. The molecule has 3 rings (SSSR count). The zero-order valence-corrected chi connectivity index (χ0v) is 11.4. The van der Waals surface area contributed by atoms with Gasteiger partial charge in [-0.15, -0.1) is 0 Å². The van der Waals surface area contributed by atoms with Gasteiger partial charge >= 0.3 is 0 Å². The van der Waals surface area contributed by atoms with Gasteiger partial charge < -0.3 is 0 Å². The topological polar surface area (TPSA) is 6.48 Å². The van der Waals surface area contributed by atoms with Gasteiger partial charge in [0.1, 0.15) is 0 Å². The maximum atomic E-state index is 2.90. The molecule has 2 aliphatic heterocycles. The molecule has 0 bridgehead atoms. The third kappa shape index (κ3) is 2.39. The van der Waals surface area contributed by atoms with Crippen LogP contribution < -0.4 is 0 Å². The van der Waals surface area contributed by atoms with Crippen molar-refractivity contribution >= 4 is 0 Å². The van der Waals surface area contributed by atoms with E-state index in [9.17, 15) is 0 Å². The van der Waals surface area contributed by atoms with Crippen LogP contribution in [0, 0.1) is 0 Å². The zero-order chi connectivity index (χ0) is 11.7. The van der Waals surface area contributed by atoms with Crippen LogP contribution in [0.1, 0.15) is 58.3 Å². The Kier molecular flexibility index (Phi) is 3.72. The molecule has 2 saturated heterocycles. The average Bonchev–Trinajstić information content (AvgIpc) is 2.91. The maximum Gasteiger partial charge on any atom is 0.0224 e. The van der Waals surface area contributed by atoms with Gasteiger partial charge in [0.25, 0.3) is 0 Å². The second kappa shape index (κ2) is 5.27. The molecule has 2 heteroatoms. The van der Waals surface area contributed by atoms with Crippen molar-refractivity contribution in [1.29, 1.82) is 0 Å². The molecule has 17 heavy (non-hydrogen) atoms. The summed E-state index contributed by atoms with van der Waals surface area (Å²) in [6, 6.07) is 2.68. The molecule has 2 unspecified atom stereocenters. The fourth-order valence-corrected chi connectivity index (χ4v) is 4.32. The number of nitrogens with zero attached hydrogens (tertiary/aromatic N) is 2. The van der Waals surface area contributed by atoms with E-state index in [-0.39, 0.29) is 0 Å². The monoisotopic (exact) mass is 236 g/mol. The third-order valence-electron chi connectivity index (χ3n) is 5.35. The molecule has 1 saturated carbocycles. The maximum absolute atomic E-state index is 2.90. The average molecular weight is 236 g/mol. The van der Waals surface area contributed by atoms with Crippen molar-refractivity contribution in [3.05, 3.63) is 0 Å². The summed E-state index contributed by atoms with van der Waals surface area (Å²) in [5.41, 5.74) is 0. The standard InChI is InChI=1S/C15H28N2/c1-2-13-11-16-10-6-5-9-15(16)12-17(13)14-7-3-4-8-14/h13-15H,2-12H2,1H3. The van der Waals surface area contributed by atoms with Gasteiger partial charge in [0.15, 0.2) is 0 Å². The SMILES string of the molecule is CCC1CN2CCCCC2CN1C1CCCC1. The first-order chi connectivity index (χ1) is 8.38. The van der Waals surface area contributed by atoms with Crippen LogP contribution in [0.15, 0.2) is 0 Å². The van der Waals surface area contributed by atoms with Gasteiger partial charge in [-0.2, -0.15) is 0 Å². The lowest BCUT2D eigenvalue weighted by Crippen LogP contribution is -2.61. The van der Waals surface area contributed by atoms with Crippen LogP contribution in [0.25, 0.3) is 0 Å². The number of rotatable bonds is 2. The lowest BCUT2D eigenvalue weighted by Gasteiger charge is -2.50. The summed E-state index contributed by atoms with van der Waals surface area (Å²) in [7, 11) is 0. The summed E-state index contributed by atoms with van der Waals surface area (Å²) < 4.78 is 0. The fourth-order valence-electron chi connectivity index (χ4n) is 4.32. The van der Waals surface area contributed by atoms with Crippen molar-refractivity contribution in [2.24, 2.45) is 0 Å². The van der Waals surface area contributed by atoms with Crippen LogP contribution in [-0.4, -0.2) is 47.6 Å². The number of piperazine rings is 1. The number of hydrogen-bond acceptors (Lipinski definition) is 2. The van der Waals surface area contributed by atoms with E-state index in [0.717, 1.165) is 18.1 Å². The third-order valence-corrected chi connectivity index (χ3v) is 5.35. The molecule has 0 amide bonds. The van der Waals surface area contributed by atoms with Crippen molar-refractivity contribution in [2.45, 2.75) is 76.4 Å². The molecular formula is C15H28N2. The van der Waals surface area contributed by atoms with Crippen LogP contribution in [-0.2, 0) is 0 Å². The number of piperidine rings is 1. The second-order valence-corrected chi connectivity index (χ2v) is 6.34. The Morgan fingerprint density at radius 1 is 0.882 bits per heavy atom. The van der Waals surface area contributed by atoms with E-state index in [4.69, 9.17) is 0 Å². The molecule has 0 aromatic rings.